The SMILES string of the molecule is O=C1NC(=S)N(c2ccc(S(=O)(=O)O)cc2)C(=O)C1=CC=Cc1c(O)n(-c2ccc(S(=O)(=O)O)cc2)c(=S)[nH]c1=O. The number of H-pyrrole nitrogens is 1. The summed E-state index contributed by atoms with van der Waals surface area (Å²) in [7, 11) is -8.97. The number of thiocarbonyl (C=S) groups is 1. The van der Waals surface area contributed by atoms with Crippen LogP contribution in [0.4, 0.5) is 5.69 Å². The zero-order valence-electron chi connectivity index (χ0n) is 20.1. The van der Waals surface area contributed by atoms with Crippen molar-refractivity contribution in [2.24, 2.45) is 0 Å². The molecule has 0 bridgehead atoms. The van der Waals surface area contributed by atoms with Gasteiger partial charge in [0.05, 0.1) is 21.2 Å². The second-order valence-electron chi connectivity index (χ2n) is 8.11. The molecule has 0 radical (unpaired) electrons. The summed E-state index contributed by atoms with van der Waals surface area (Å²) in [6.07, 6.45) is 3.25. The van der Waals surface area contributed by atoms with Crippen molar-refractivity contribution in [2.45, 2.75) is 9.79 Å². The Balaban J connectivity index is 1.69. The van der Waals surface area contributed by atoms with Crippen LogP contribution in [0.3, 0.4) is 0 Å². The van der Waals surface area contributed by atoms with Gasteiger partial charge in [0.15, 0.2) is 9.88 Å². The molecule has 3 aromatic rings. The van der Waals surface area contributed by atoms with E-state index in [0.29, 0.717) is 0 Å². The summed E-state index contributed by atoms with van der Waals surface area (Å²) < 4.78 is 64.3. The van der Waals surface area contributed by atoms with Gasteiger partial charge < -0.3 is 5.11 Å². The molecule has 41 heavy (non-hydrogen) atoms. The third kappa shape index (κ3) is 6.06. The third-order valence-corrected chi connectivity index (χ3v) is 7.84. The van der Waals surface area contributed by atoms with E-state index in [4.69, 9.17) is 33.5 Å². The Morgan fingerprint density at radius 3 is 1.83 bits per heavy atom. The highest BCUT2D eigenvalue weighted by Gasteiger charge is 2.34. The summed E-state index contributed by atoms with van der Waals surface area (Å²) in [6.45, 7) is 0. The summed E-state index contributed by atoms with van der Waals surface area (Å²) in [6, 6.07) is 8.98. The van der Waals surface area contributed by atoms with E-state index in [2.05, 4.69) is 10.3 Å². The van der Waals surface area contributed by atoms with Crippen molar-refractivity contribution in [3.05, 3.63) is 86.9 Å². The second kappa shape index (κ2) is 10.9. The van der Waals surface area contributed by atoms with Crippen LogP contribution < -0.4 is 15.8 Å². The van der Waals surface area contributed by atoms with Gasteiger partial charge in [-0.1, -0.05) is 6.08 Å². The largest absolute Gasteiger partial charge is 0.494 e. The average molecular weight is 637 g/mol. The van der Waals surface area contributed by atoms with Gasteiger partial charge in [0.25, 0.3) is 37.6 Å². The lowest BCUT2D eigenvalue weighted by Gasteiger charge is -2.28. The van der Waals surface area contributed by atoms with Crippen LogP contribution in [0.25, 0.3) is 11.8 Å². The molecule has 5 N–H and O–H groups in total. The first-order chi connectivity index (χ1) is 19.1. The average Bonchev–Trinajstić information content (AvgIpc) is 2.87. The number of aromatic nitrogens is 2. The zero-order valence-corrected chi connectivity index (χ0v) is 23.3. The molecule has 4 rings (SSSR count). The number of hydrogen-bond acceptors (Lipinski definition) is 10. The number of carbonyl (C=O) groups is 2. The summed E-state index contributed by atoms with van der Waals surface area (Å²) in [5.74, 6) is -2.42. The maximum atomic E-state index is 13.1. The molecule has 0 saturated carbocycles. The van der Waals surface area contributed by atoms with E-state index in [9.17, 15) is 36.3 Å². The molecule has 14 nitrogen and oxygen atoms in total. The Labute approximate surface area is 241 Å². The normalized spacial score (nSPS) is 15.5. The quantitative estimate of drug-likeness (QED) is 0.113. The number of allylic oxidation sites excluding steroid dienone is 2. The van der Waals surface area contributed by atoms with E-state index >= 15 is 0 Å². The van der Waals surface area contributed by atoms with Gasteiger partial charge in [0.1, 0.15) is 11.1 Å². The molecule has 0 aliphatic carbocycles. The minimum Gasteiger partial charge on any atom is -0.494 e. The van der Waals surface area contributed by atoms with Crippen molar-refractivity contribution in [1.29, 1.82) is 0 Å². The van der Waals surface area contributed by atoms with Crippen LogP contribution in [0.5, 0.6) is 5.88 Å². The van der Waals surface area contributed by atoms with Gasteiger partial charge >= 0.3 is 0 Å². The molecule has 1 aliphatic rings. The lowest BCUT2D eigenvalue weighted by molar-refractivity contribution is -0.122. The van der Waals surface area contributed by atoms with Crippen molar-refractivity contribution in [3.8, 4) is 11.6 Å². The van der Waals surface area contributed by atoms with Gasteiger partial charge in [-0.3, -0.25) is 43.3 Å². The van der Waals surface area contributed by atoms with Gasteiger partial charge in [-0.05, 0) is 85.1 Å². The lowest BCUT2D eigenvalue weighted by Crippen LogP contribution is -2.54. The van der Waals surface area contributed by atoms with E-state index in [1.165, 1.54) is 24.3 Å². The first-order valence-corrected chi connectivity index (χ1v) is 14.6. The van der Waals surface area contributed by atoms with Crippen molar-refractivity contribution in [2.75, 3.05) is 4.90 Å². The molecular formula is C23H16N4O10S4. The van der Waals surface area contributed by atoms with E-state index in [1.54, 1.807) is 0 Å². The number of aromatic amines is 1. The Morgan fingerprint density at radius 1 is 0.805 bits per heavy atom. The molecule has 212 valence electrons. The number of amides is 2. The van der Waals surface area contributed by atoms with Gasteiger partial charge in [0.2, 0.25) is 5.88 Å². The first-order valence-electron chi connectivity index (χ1n) is 10.9. The summed E-state index contributed by atoms with van der Waals surface area (Å²) >= 11 is 10.2. The van der Waals surface area contributed by atoms with Crippen LogP contribution in [-0.4, -0.2) is 57.5 Å². The van der Waals surface area contributed by atoms with Crippen LogP contribution in [0.2, 0.25) is 0 Å². The highest BCUT2D eigenvalue weighted by atomic mass is 32.2. The van der Waals surface area contributed by atoms with E-state index < -0.39 is 58.9 Å². The van der Waals surface area contributed by atoms with Crippen LogP contribution in [0.15, 0.2) is 80.8 Å². The summed E-state index contributed by atoms with van der Waals surface area (Å²) in [5.41, 5.74) is -1.38. The standard InChI is InChI=1S/C23H16N4O10S4/c28-18-16(20(30)26(22(38)24-18)12-4-8-14(9-5-12)40(32,33)34)2-1-3-17-19(29)25-23(39)27(21(17)31)13-6-10-15(11-7-13)41(35,36)37/h1-11,30H,(H,24,28,38)(H,25,29,39)(H,32,33,34)(H,35,36,37). The molecule has 0 spiro atoms. The predicted octanol–water partition coefficient (Wildman–Crippen LogP) is 1.48. The van der Waals surface area contributed by atoms with Gasteiger partial charge in [-0.2, -0.15) is 16.8 Å². The highest BCUT2D eigenvalue weighted by Crippen LogP contribution is 2.24. The fourth-order valence-electron chi connectivity index (χ4n) is 3.61. The Hall–Kier alpha value is -4.33. The van der Waals surface area contributed by atoms with Gasteiger partial charge in [-0.25, -0.2) is 0 Å². The van der Waals surface area contributed by atoms with Crippen molar-refractivity contribution < 1.29 is 40.6 Å². The van der Waals surface area contributed by atoms with E-state index in [-0.39, 0.29) is 26.8 Å². The van der Waals surface area contributed by atoms with E-state index in [1.807, 2.05) is 0 Å². The molecule has 0 atom stereocenters. The summed E-state index contributed by atoms with van der Waals surface area (Å²) in [5, 5.41) is 12.8. The third-order valence-electron chi connectivity index (χ3n) is 5.53. The topological polar surface area (TPSA) is 216 Å². The molecule has 1 aromatic heterocycles. The van der Waals surface area contributed by atoms with Crippen LogP contribution in [0.1, 0.15) is 5.56 Å². The van der Waals surface area contributed by atoms with Gasteiger partial charge in [0, 0.05) is 0 Å². The van der Waals surface area contributed by atoms with Crippen molar-refractivity contribution in [3.63, 3.8) is 0 Å². The second-order valence-corrected chi connectivity index (χ2v) is 11.7. The molecule has 1 fully saturated rings. The number of benzene rings is 2. The Kier molecular flexibility index (Phi) is 7.89. The number of aromatic hydroxyl groups is 1. The number of carbonyl (C=O) groups excluding carboxylic acids is 2. The number of hydrogen-bond donors (Lipinski definition) is 5. The monoisotopic (exact) mass is 636 g/mol. The van der Waals surface area contributed by atoms with E-state index in [0.717, 1.165) is 52.0 Å². The van der Waals surface area contributed by atoms with Crippen LogP contribution in [-0.2, 0) is 29.8 Å². The molecule has 1 aliphatic heterocycles. The zero-order chi connectivity index (χ0) is 30.3. The fraction of sp³-hybridized carbons (Fsp3) is 0. The molecule has 1 saturated heterocycles. The fourth-order valence-corrected chi connectivity index (χ4v) is 5.14. The number of anilines is 1. The molecule has 0 unspecified atom stereocenters. The number of nitrogens with one attached hydrogen (secondary N) is 2. The molecule has 18 heteroatoms. The predicted molar refractivity (Wildman–Crippen MR) is 150 cm³/mol. The smallest absolute Gasteiger partial charge is 0.294 e. The van der Waals surface area contributed by atoms with Crippen molar-refractivity contribution in [1.82, 2.24) is 14.9 Å². The Bertz CT molecular complexity index is 2010. The van der Waals surface area contributed by atoms with Gasteiger partial charge in [-0.15, -0.1) is 0 Å². The lowest BCUT2D eigenvalue weighted by atomic mass is 10.1. The minimum absolute atomic E-state index is 0.0819. The maximum Gasteiger partial charge on any atom is 0.294 e. The molecule has 2 heterocycles. The highest BCUT2D eigenvalue weighted by molar-refractivity contribution is 7.86. The van der Waals surface area contributed by atoms with Crippen LogP contribution >= 0.6 is 24.4 Å². The number of nitrogens with zero attached hydrogens (tertiary/aromatic N) is 2. The first kappa shape index (κ1) is 29.6. The Morgan fingerprint density at radius 2 is 1.32 bits per heavy atom. The summed E-state index contributed by atoms with van der Waals surface area (Å²) in [4.78, 5) is 40.5. The molecule has 2 amide bonds. The molecular weight excluding hydrogens is 621 g/mol. The maximum absolute atomic E-state index is 13.1. The van der Waals surface area contributed by atoms with Crippen molar-refractivity contribution >= 4 is 73.4 Å². The minimum atomic E-state index is -4.49. The molecule has 2 aromatic carbocycles. The van der Waals surface area contributed by atoms with Crippen LogP contribution in [0, 0.1) is 4.77 Å². The number of rotatable bonds is 6.